The molecular weight excluding hydrogens is 799 g/mol. The number of benzene rings is 2. The molecule has 2 radical (unpaired) electrons. The maximum Gasteiger partial charge on any atom is 0.569 e. The van der Waals surface area contributed by atoms with Crippen LogP contribution < -0.4 is 25.6 Å². The van der Waals surface area contributed by atoms with E-state index in [1.54, 1.807) is 38.5 Å². The second kappa shape index (κ2) is 25.9. The molecule has 0 amide bonds. The molecule has 0 aliphatic carbocycles. The Morgan fingerprint density at radius 2 is 1.32 bits per heavy atom. The molecule has 0 saturated carbocycles. The van der Waals surface area contributed by atoms with E-state index in [1.165, 1.54) is 18.7 Å². The van der Waals surface area contributed by atoms with Crippen LogP contribution in [-0.2, 0) is 18.6 Å². The van der Waals surface area contributed by atoms with Gasteiger partial charge in [0.2, 0.25) is 0 Å². The third kappa shape index (κ3) is 16.9. The van der Waals surface area contributed by atoms with Crippen LogP contribution in [0.2, 0.25) is 5.15 Å². The summed E-state index contributed by atoms with van der Waals surface area (Å²) in [5.41, 5.74) is 12.5. The van der Waals surface area contributed by atoms with Crippen molar-refractivity contribution in [3.8, 4) is 28.5 Å². The second-order valence-electron chi connectivity index (χ2n) is 6.39. The largest absolute Gasteiger partial charge is 0.569 e. The third-order valence-electron chi connectivity index (χ3n) is 3.97. The summed E-state index contributed by atoms with van der Waals surface area (Å²) in [5.74, 6) is 2.71. The van der Waals surface area contributed by atoms with Gasteiger partial charge in [-0.15, -0.1) is 24.0 Å². The van der Waals surface area contributed by atoms with Gasteiger partial charge in [0, 0.05) is 36.3 Å². The molecule has 0 aliphatic rings. The van der Waals surface area contributed by atoms with E-state index < -0.39 is 0 Å². The summed E-state index contributed by atoms with van der Waals surface area (Å²) in [7, 11) is 3.79. The molecule has 40 heavy (non-hydrogen) atoms. The number of nitrogens with two attached hydrogens (primary N) is 2. The number of aromatic nitrogens is 4. The molecule has 0 atom stereocenters. The first-order valence-corrected chi connectivity index (χ1v) is 12.1. The Balaban J connectivity index is -0.000000490. The van der Waals surface area contributed by atoms with Crippen molar-refractivity contribution in [2.45, 2.75) is 14.4 Å². The van der Waals surface area contributed by atoms with E-state index >= 15 is 0 Å². The molecule has 0 saturated heterocycles. The fraction of sp³-hybridized carbons (Fsp3) is 0.160. The molecule has 2 aromatic heterocycles. The van der Waals surface area contributed by atoms with Crippen molar-refractivity contribution >= 4 is 77.5 Å². The van der Waals surface area contributed by atoms with Gasteiger partial charge in [0.15, 0.2) is 5.75 Å². The SMILES string of the molecule is C.COc1ccccc1-c1cc(N)ncn1.COc1ccccc1O[B]O.C[CH-]I.I.Nc1cc(Cl)ncn1.[V]. The monoisotopic (exact) mass is 831 g/mol. The van der Waals surface area contributed by atoms with E-state index in [2.05, 4.69) is 42.5 Å². The second-order valence-corrected chi connectivity index (χ2v) is 8.02. The quantitative estimate of drug-likeness (QED) is 0.0960. The molecular formula is C25H32BClI2N6O4V-. The van der Waals surface area contributed by atoms with E-state index in [0.717, 1.165) is 17.0 Å². The minimum Gasteiger partial charge on any atom is -0.535 e. The standard InChI is InChI=1S/C11H11N3O.C7H8BO3.C4H4ClN3.C2H4I.CH4.HI.V/c1-15-10-5-3-2-4-8(10)9-6-11(12)14-7-13-9;1-10-6-4-2-3-5-7(6)11-8-9;5-3-1-4(6)8-2-7-3;1-2-3;;;/h2-7H,1H3,(H2,12,13,14);2-5,9H,1H3;1-2H,(H2,6,7,8);2H,1H3;1H4;1H;/q;;;-1;;;. The van der Waals surface area contributed by atoms with Gasteiger partial charge in [0.25, 0.3) is 0 Å². The van der Waals surface area contributed by atoms with E-state index in [0.29, 0.717) is 36.0 Å². The van der Waals surface area contributed by atoms with Crippen molar-refractivity contribution in [2.75, 3.05) is 25.7 Å². The van der Waals surface area contributed by atoms with Crippen molar-refractivity contribution in [1.82, 2.24) is 19.9 Å². The number of para-hydroxylation sites is 3. The molecule has 0 aliphatic heterocycles. The van der Waals surface area contributed by atoms with Crippen molar-refractivity contribution in [2.24, 2.45) is 0 Å². The van der Waals surface area contributed by atoms with Gasteiger partial charge >= 0.3 is 7.69 Å². The number of rotatable bonds is 5. The third-order valence-corrected chi connectivity index (χ3v) is 4.18. The number of hydrogen-bond donors (Lipinski definition) is 3. The number of hydrogen-bond acceptors (Lipinski definition) is 10. The van der Waals surface area contributed by atoms with Gasteiger partial charge in [0.1, 0.15) is 40.9 Å². The predicted octanol–water partition coefficient (Wildman–Crippen LogP) is 5.90. The molecule has 0 spiro atoms. The zero-order valence-corrected chi connectivity index (χ0v) is 28.0. The number of ether oxygens (including phenoxy) is 2. The van der Waals surface area contributed by atoms with Crippen LogP contribution in [0.15, 0.2) is 73.3 Å². The average molecular weight is 832 g/mol. The maximum absolute atomic E-state index is 8.34. The zero-order chi connectivity index (χ0) is 27.5. The molecule has 5 N–H and O–H groups in total. The fourth-order valence-corrected chi connectivity index (χ4v) is 2.65. The van der Waals surface area contributed by atoms with E-state index in [-0.39, 0.29) is 50.0 Å². The van der Waals surface area contributed by atoms with Crippen LogP contribution in [0.4, 0.5) is 11.6 Å². The minimum atomic E-state index is 0. The first kappa shape index (κ1) is 42.4. The van der Waals surface area contributed by atoms with Crippen molar-refractivity contribution < 1.29 is 37.7 Å². The van der Waals surface area contributed by atoms with Gasteiger partial charge in [-0.2, -0.15) is 6.92 Å². The number of anilines is 2. The Bertz CT molecular complexity index is 1190. The van der Waals surface area contributed by atoms with Gasteiger partial charge in [-0.05, 0) is 24.3 Å². The molecule has 0 fully saturated rings. The topological polar surface area (TPSA) is 152 Å². The van der Waals surface area contributed by atoms with E-state index in [4.69, 9.17) is 42.2 Å². The van der Waals surface area contributed by atoms with Crippen LogP contribution in [0.3, 0.4) is 0 Å². The zero-order valence-electron chi connectivity index (χ0n) is 21.3. The van der Waals surface area contributed by atoms with Crippen LogP contribution in [0.1, 0.15) is 14.4 Å². The summed E-state index contributed by atoms with van der Waals surface area (Å²) in [5, 5.41) is 8.71. The number of nitrogen functional groups attached to an aromatic ring is 2. The van der Waals surface area contributed by atoms with Crippen LogP contribution in [-0.4, -0.2) is 46.9 Å². The maximum atomic E-state index is 8.34. The molecule has 2 aromatic carbocycles. The number of nitrogens with zero attached hydrogens (tertiary/aromatic N) is 4. The molecule has 216 valence electrons. The Labute approximate surface area is 284 Å². The molecule has 4 aromatic rings. The first-order valence-electron chi connectivity index (χ1n) is 10.5. The molecule has 0 bridgehead atoms. The molecule has 10 nitrogen and oxygen atoms in total. The summed E-state index contributed by atoms with van der Waals surface area (Å²) in [6.07, 6.45) is 2.76. The van der Waals surface area contributed by atoms with Gasteiger partial charge in [-0.1, -0.05) is 43.3 Å². The van der Waals surface area contributed by atoms with Gasteiger partial charge in [0.05, 0.1) is 19.9 Å². The Kier molecular flexibility index (Phi) is 27.5. The normalized spacial score (nSPS) is 8.45. The Hall–Kier alpha value is -2.04. The summed E-state index contributed by atoms with van der Waals surface area (Å²) in [4.78, 5) is 15.2. The van der Waals surface area contributed by atoms with Crippen molar-refractivity contribution in [1.29, 1.82) is 0 Å². The van der Waals surface area contributed by atoms with E-state index in [1.807, 2.05) is 41.7 Å². The molecule has 0 unspecified atom stereocenters. The number of methoxy groups -OCH3 is 2. The van der Waals surface area contributed by atoms with E-state index in [9.17, 15) is 0 Å². The molecule has 15 heteroatoms. The Morgan fingerprint density at radius 1 is 0.850 bits per heavy atom. The van der Waals surface area contributed by atoms with Crippen LogP contribution in [0.5, 0.6) is 17.2 Å². The van der Waals surface area contributed by atoms with Crippen LogP contribution in [0, 0.1) is 4.43 Å². The smallest absolute Gasteiger partial charge is 0.535 e. The first-order chi connectivity index (χ1) is 17.9. The summed E-state index contributed by atoms with van der Waals surface area (Å²) in [6.45, 7) is 1.99. The van der Waals surface area contributed by atoms with Crippen molar-refractivity contribution in [3.05, 3.63) is 82.9 Å². The predicted molar refractivity (Wildman–Crippen MR) is 178 cm³/mol. The summed E-state index contributed by atoms with van der Waals surface area (Å²) in [6, 6.07) is 17.9. The summed E-state index contributed by atoms with van der Waals surface area (Å²) < 4.78 is 16.9. The van der Waals surface area contributed by atoms with Gasteiger partial charge in [-0.3, -0.25) is 4.43 Å². The van der Waals surface area contributed by atoms with Gasteiger partial charge in [-0.25, -0.2) is 19.9 Å². The minimum absolute atomic E-state index is 0. The van der Waals surface area contributed by atoms with Crippen LogP contribution in [0.25, 0.3) is 11.3 Å². The fourth-order valence-electron chi connectivity index (χ4n) is 2.50. The summed E-state index contributed by atoms with van der Waals surface area (Å²) >= 11 is 7.58. The van der Waals surface area contributed by atoms with Gasteiger partial charge < -0.3 is 53.2 Å². The molecule has 4 rings (SSSR count). The van der Waals surface area contributed by atoms with Crippen LogP contribution >= 0.6 is 58.2 Å². The van der Waals surface area contributed by atoms with Crippen molar-refractivity contribution in [3.63, 3.8) is 0 Å². The number of halogens is 3. The average Bonchev–Trinajstić information content (AvgIpc) is 2.90. The molecule has 2 heterocycles. The Morgan fingerprint density at radius 3 is 1.77 bits per heavy atom.